The highest BCUT2D eigenvalue weighted by molar-refractivity contribution is 7.09. The molecular formula is C17H30N4OS. The fourth-order valence-corrected chi connectivity index (χ4v) is 3.04. The minimum absolute atomic E-state index is 0.111. The van der Waals surface area contributed by atoms with Crippen molar-refractivity contribution in [2.75, 3.05) is 33.9 Å². The number of nitrogens with one attached hydrogen (secondary N) is 1. The summed E-state index contributed by atoms with van der Waals surface area (Å²) in [4.78, 5) is 11.1. The normalized spacial score (nSPS) is 15.8. The molecule has 1 aromatic rings. The quantitative estimate of drug-likeness (QED) is 0.472. The number of ether oxygens (including phenoxy) is 1. The Kier molecular flexibility index (Phi) is 6.41. The van der Waals surface area contributed by atoms with Gasteiger partial charge in [0.1, 0.15) is 0 Å². The monoisotopic (exact) mass is 338 g/mol. The van der Waals surface area contributed by atoms with E-state index in [4.69, 9.17) is 9.72 Å². The molecule has 0 unspecified atom stereocenters. The van der Waals surface area contributed by atoms with Crippen LogP contribution in [0.1, 0.15) is 44.3 Å². The molecule has 1 aliphatic rings. The molecule has 0 spiro atoms. The van der Waals surface area contributed by atoms with E-state index in [9.17, 15) is 0 Å². The van der Waals surface area contributed by atoms with Crippen LogP contribution >= 0.6 is 11.3 Å². The zero-order chi connectivity index (χ0) is 16.9. The van der Waals surface area contributed by atoms with Crippen molar-refractivity contribution in [3.05, 3.63) is 16.1 Å². The van der Waals surface area contributed by atoms with E-state index in [2.05, 4.69) is 41.4 Å². The van der Waals surface area contributed by atoms with Gasteiger partial charge in [-0.15, -0.1) is 11.3 Å². The minimum Gasteiger partial charge on any atom is -0.379 e. The van der Waals surface area contributed by atoms with E-state index in [1.807, 2.05) is 14.1 Å². The van der Waals surface area contributed by atoms with Crippen molar-refractivity contribution in [1.82, 2.24) is 15.2 Å². The van der Waals surface area contributed by atoms with Crippen LogP contribution < -0.4 is 5.32 Å². The zero-order valence-electron chi connectivity index (χ0n) is 15.1. The number of nitrogens with zero attached hydrogens (tertiary/aromatic N) is 3. The van der Waals surface area contributed by atoms with Crippen LogP contribution in [0.5, 0.6) is 0 Å². The van der Waals surface area contributed by atoms with E-state index in [1.54, 1.807) is 11.3 Å². The lowest BCUT2D eigenvalue weighted by molar-refractivity contribution is 0.115. The van der Waals surface area contributed by atoms with E-state index < -0.39 is 0 Å². The van der Waals surface area contributed by atoms with Crippen molar-refractivity contribution >= 4 is 17.3 Å². The molecule has 1 aromatic heterocycles. The molecule has 0 aliphatic heterocycles. The molecule has 0 aromatic carbocycles. The van der Waals surface area contributed by atoms with Gasteiger partial charge in [-0.2, -0.15) is 0 Å². The van der Waals surface area contributed by atoms with Crippen LogP contribution in [-0.2, 0) is 16.7 Å². The summed E-state index contributed by atoms with van der Waals surface area (Å²) >= 11 is 1.72. The predicted octanol–water partition coefficient (Wildman–Crippen LogP) is 2.87. The second-order valence-electron chi connectivity index (χ2n) is 7.23. The Morgan fingerprint density at radius 1 is 1.48 bits per heavy atom. The topological polar surface area (TPSA) is 49.8 Å². The highest BCUT2D eigenvalue weighted by Gasteiger charge is 2.21. The van der Waals surface area contributed by atoms with Gasteiger partial charge in [0.2, 0.25) is 0 Å². The van der Waals surface area contributed by atoms with E-state index in [1.165, 1.54) is 17.8 Å². The van der Waals surface area contributed by atoms with E-state index in [0.717, 1.165) is 37.3 Å². The molecule has 130 valence electrons. The molecule has 1 saturated carbocycles. The Hall–Kier alpha value is -1.14. The largest absolute Gasteiger partial charge is 0.379 e. The van der Waals surface area contributed by atoms with Crippen LogP contribution in [0.4, 0.5) is 0 Å². The summed E-state index contributed by atoms with van der Waals surface area (Å²) in [6.07, 6.45) is 2.67. The van der Waals surface area contributed by atoms with Crippen molar-refractivity contribution in [2.24, 2.45) is 10.9 Å². The third kappa shape index (κ3) is 6.11. The summed E-state index contributed by atoms with van der Waals surface area (Å²) in [6.45, 7) is 9.78. The van der Waals surface area contributed by atoms with Gasteiger partial charge in [0.25, 0.3) is 0 Å². The third-order valence-corrected chi connectivity index (χ3v) is 5.13. The maximum atomic E-state index is 5.69. The van der Waals surface area contributed by atoms with Crippen LogP contribution in [0.15, 0.2) is 10.4 Å². The molecule has 1 aliphatic carbocycles. The van der Waals surface area contributed by atoms with Gasteiger partial charge in [-0.05, 0) is 18.8 Å². The smallest absolute Gasteiger partial charge is 0.193 e. The van der Waals surface area contributed by atoms with Crippen molar-refractivity contribution in [3.63, 3.8) is 0 Å². The molecule has 0 amide bonds. The Balaban J connectivity index is 1.73. The molecule has 0 saturated heterocycles. The standard InChI is InChI=1S/C17H30N4OS/c1-17(2,3)15-20-14(12-23-15)10-19-16(18-4)21(5)8-9-22-11-13-6-7-13/h12-13H,6-11H2,1-5H3,(H,18,19). The van der Waals surface area contributed by atoms with E-state index >= 15 is 0 Å². The molecule has 0 bridgehead atoms. The highest BCUT2D eigenvalue weighted by Crippen LogP contribution is 2.28. The Morgan fingerprint density at radius 3 is 2.78 bits per heavy atom. The molecule has 1 fully saturated rings. The SMILES string of the molecule is CN=C(NCc1csc(C(C)(C)C)n1)N(C)CCOCC1CC1. The van der Waals surface area contributed by atoms with E-state index in [-0.39, 0.29) is 5.41 Å². The highest BCUT2D eigenvalue weighted by atomic mass is 32.1. The van der Waals surface area contributed by atoms with Crippen LogP contribution in [0, 0.1) is 5.92 Å². The van der Waals surface area contributed by atoms with Gasteiger partial charge in [0.15, 0.2) is 5.96 Å². The van der Waals surface area contributed by atoms with Gasteiger partial charge in [-0.25, -0.2) is 4.98 Å². The van der Waals surface area contributed by atoms with Gasteiger partial charge in [0, 0.05) is 38.0 Å². The van der Waals surface area contributed by atoms with Crippen LogP contribution in [0.3, 0.4) is 0 Å². The summed E-state index contributed by atoms with van der Waals surface area (Å²) in [5.41, 5.74) is 1.18. The van der Waals surface area contributed by atoms with Gasteiger partial charge in [-0.1, -0.05) is 20.8 Å². The first kappa shape index (κ1) is 18.2. The first-order chi connectivity index (χ1) is 10.9. The fourth-order valence-electron chi connectivity index (χ4n) is 2.13. The van der Waals surface area contributed by atoms with Crippen molar-refractivity contribution in [2.45, 2.75) is 45.6 Å². The average Bonchev–Trinajstić information content (AvgIpc) is 3.18. The average molecular weight is 339 g/mol. The molecular weight excluding hydrogens is 308 g/mol. The maximum Gasteiger partial charge on any atom is 0.193 e. The molecule has 1 N–H and O–H groups in total. The summed E-state index contributed by atoms with van der Waals surface area (Å²) in [5.74, 6) is 1.70. The second kappa shape index (κ2) is 8.11. The lowest BCUT2D eigenvalue weighted by Crippen LogP contribution is -2.40. The Bertz CT molecular complexity index is 517. The maximum absolute atomic E-state index is 5.69. The van der Waals surface area contributed by atoms with Gasteiger partial charge in [0.05, 0.1) is 23.9 Å². The number of rotatable bonds is 7. The third-order valence-electron chi connectivity index (χ3n) is 3.82. The van der Waals surface area contributed by atoms with Crippen molar-refractivity contribution < 1.29 is 4.74 Å². The van der Waals surface area contributed by atoms with Crippen molar-refractivity contribution in [3.8, 4) is 0 Å². The Morgan fingerprint density at radius 2 is 2.22 bits per heavy atom. The number of hydrogen-bond donors (Lipinski definition) is 1. The molecule has 5 nitrogen and oxygen atoms in total. The summed E-state index contributed by atoms with van der Waals surface area (Å²) in [6, 6.07) is 0. The number of likely N-dealkylation sites (N-methyl/N-ethyl adjacent to an activating group) is 1. The zero-order valence-corrected chi connectivity index (χ0v) is 15.9. The number of aromatic nitrogens is 1. The lowest BCUT2D eigenvalue weighted by Gasteiger charge is -2.21. The molecule has 6 heteroatoms. The Labute approximate surface area is 144 Å². The van der Waals surface area contributed by atoms with Gasteiger partial charge in [-0.3, -0.25) is 4.99 Å². The summed E-state index contributed by atoms with van der Waals surface area (Å²) in [7, 11) is 3.85. The van der Waals surface area contributed by atoms with E-state index in [0.29, 0.717) is 6.54 Å². The van der Waals surface area contributed by atoms with Gasteiger partial charge >= 0.3 is 0 Å². The lowest BCUT2D eigenvalue weighted by atomic mass is 9.98. The van der Waals surface area contributed by atoms with Gasteiger partial charge < -0.3 is 15.0 Å². The molecule has 0 radical (unpaired) electrons. The van der Waals surface area contributed by atoms with Crippen LogP contribution in [-0.4, -0.2) is 49.7 Å². The number of thiazole rings is 1. The van der Waals surface area contributed by atoms with Crippen LogP contribution in [0.25, 0.3) is 0 Å². The first-order valence-electron chi connectivity index (χ1n) is 8.34. The fraction of sp³-hybridized carbons (Fsp3) is 0.765. The number of hydrogen-bond acceptors (Lipinski definition) is 4. The minimum atomic E-state index is 0.111. The molecule has 23 heavy (non-hydrogen) atoms. The number of aliphatic imine (C=N–C) groups is 1. The first-order valence-corrected chi connectivity index (χ1v) is 9.22. The van der Waals surface area contributed by atoms with Crippen molar-refractivity contribution in [1.29, 1.82) is 0 Å². The van der Waals surface area contributed by atoms with Crippen LogP contribution in [0.2, 0.25) is 0 Å². The molecule has 0 atom stereocenters. The molecule has 2 rings (SSSR count). The predicted molar refractivity (Wildman–Crippen MR) is 97.2 cm³/mol. The molecule has 1 heterocycles. The summed E-state index contributed by atoms with van der Waals surface area (Å²) < 4.78 is 5.69. The summed E-state index contributed by atoms with van der Waals surface area (Å²) in [5, 5.41) is 6.67. The number of guanidine groups is 1. The second-order valence-corrected chi connectivity index (χ2v) is 8.09.